The molecule has 2 N–H and O–H groups in total. The van der Waals surface area contributed by atoms with Crippen molar-refractivity contribution in [1.29, 1.82) is 0 Å². The first-order chi connectivity index (χ1) is 9.73. The number of aliphatic hydroxyl groups excluding tert-OH is 1. The quantitative estimate of drug-likeness (QED) is 0.772. The molecule has 0 spiro atoms. The van der Waals surface area contributed by atoms with Crippen molar-refractivity contribution in [2.24, 2.45) is 5.41 Å². The van der Waals surface area contributed by atoms with Gasteiger partial charge < -0.3 is 15.2 Å². The van der Waals surface area contributed by atoms with E-state index in [1.807, 2.05) is 13.8 Å². The normalized spacial score (nSPS) is 12.5. The van der Waals surface area contributed by atoms with Crippen LogP contribution in [0.1, 0.15) is 32.3 Å². The molecule has 0 atom stereocenters. The molecule has 21 heavy (non-hydrogen) atoms. The first-order valence-electron chi connectivity index (χ1n) is 6.89. The average Bonchev–Trinajstić information content (AvgIpc) is 2.37. The maximum Gasteiger partial charge on any atom is 0.573 e. The second-order valence-electron chi connectivity index (χ2n) is 5.75. The Balaban J connectivity index is 2.56. The van der Waals surface area contributed by atoms with Gasteiger partial charge >= 0.3 is 6.36 Å². The molecule has 0 heterocycles. The van der Waals surface area contributed by atoms with Gasteiger partial charge in [-0.1, -0.05) is 32.0 Å². The van der Waals surface area contributed by atoms with E-state index >= 15 is 0 Å². The molecule has 0 amide bonds. The zero-order valence-electron chi connectivity index (χ0n) is 12.3. The van der Waals surface area contributed by atoms with Crippen LogP contribution in [0.25, 0.3) is 0 Å². The van der Waals surface area contributed by atoms with E-state index < -0.39 is 6.36 Å². The van der Waals surface area contributed by atoms with Crippen LogP contribution in [-0.2, 0) is 6.54 Å². The molecule has 1 aromatic carbocycles. The number of ether oxygens (including phenoxy) is 1. The van der Waals surface area contributed by atoms with Crippen LogP contribution in [0.2, 0.25) is 0 Å². The molecule has 0 bridgehead atoms. The molecule has 0 aliphatic heterocycles. The van der Waals surface area contributed by atoms with E-state index in [1.54, 1.807) is 12.1 Å². The van der Waals surface area contributed by atoms with Gasteiger partial charge in [-0.2, -0.15) is 0 Å². The second-order valence-corrected chi connectivity index (χ2v) is 5.75. The Morgan fingerprint density at radius 3 is 2.48 bits per heavy atom. The lowest BCUT2D eigenvalue weighted by atomic mass is 9.88. The highest BCUT2D eigenvalue weighted by Gasteiger charge is 2.31. The van der Waals surface area contributed by atoms with Crippen molar-refractivity contribution >= 4 is 0 Å². The van der Waals surface area contributed by atoms with Gasteiger partial charge in [0.2, 0.25) is 0 Å². The fraction of sp³-hybridized carbons (Fsp3) is 0.600. The molecule has 0 aromatic heterocycles. The Labute approximate surface area is 123 Å². The maximum absolute atomic E-state index is 12.3. The smallest absolute Gasteiger partial charge is 0.405 e. The van der Waals surface area contributed by atoms with E-state index in [4.69, 9.17) is 5.11 Å². The molecule has 1 rings (SSSR count). The first kappa shape index (κ1) is 17.8. The summed E-state index contributed by atoms with van der Waals surface area (Å²) in [7, 11) is 0. The van der Waals surface area contributed by atoms with Crippen LogP contribution in [0.4, 0.5) is 13.2 Å². The third-order valence-corrected chi connectivity index (χ3v) is 3.13. The van der Waals surface area contributed by atoms with Crippen LogP contribution >= 0.6 is 0 Å². The summed E-state index contributed by atoms with van der Waals surface area (Å²) in [5.74, 6) is -0.175. The number of halogens is 3. The molecule has 0 aliphatic rings. The number of hydrogen-bond donors (Lipinski definition) is 2. The first-order valence-corrected chi connectivity index (χ1v) is 6.89. The fourth-order valence-electron chi connectivity index (χ4n) is 2.06. The van der Waals surface area contributed by atoms with E-state index in [2.05, 4.69) is 10.1 Å². The van der Waals surface area contributed by atoms with Gasteiger partial charge in [-0.05, 0) is 24.3 Å². The van der Waals surface area contributed by atoms with Crippen molar-refractivity contribution in [2.75, 3.05) is 13.2 Å². The summed E-state index contributed by atoms with van der Waals surface area (Å²) >= 11 is 0. The number of rotatable bonds is 8. The molecule has 0 aliphatic carbocycles. The molecule has 0 fully saturated rings. The Kier molecular flexibility index (Phi) is 6.48. The minimum atomic E-state index is -4.68. The summed E-state index contributed by atoms with van der Waals surface area (Å²) in [4.78, 5) is 0. The highest BCUT2D eigenvalue weighted by molar-refractivity contribution is 5.33. The molecular formula is C15H22F3NO2. The van der Waals surface area contributed by atoms with E-state index in [1.165, 1.54) is 12.1 Å². The average molecular weight is 305 g/mol. The van der Waals surface area contributed by atoms with Crippen molar-refractivity contribution < 1.29 is 23.0 Å². The van der Waals surface area contributed by atoms with Gasteiger partial charge in [0, 0.05) is 25.3 Å². The van der Waals surface area contributed by atoms with Crippen molar-refractivity contribution in [1.82, 2.24) is 5.32 Å². The summed E-state index contributed by atoms with van der Waals surface area (Å²) in [5, 5.41) is 12.0. The minimum Gasteiger partial charge on any atom is -0.405 e. The topological polar surface area (TPSA) is 41.5 Å². The van der Waals surface area contributed by atoms with Crippen LogP contribution in [0, 0.1) is 5.41 Å². The highest BCUT2D eigenvalue weighted by Crippen LogP contribution is 2.26. The standard InChI is InChI=1S/C15H22F3NO2/c1-14(2,8-5-9-20)11-19-10-12-6-3-4-7-13(12)21-15(16,17)18/h3-4,6-7,19-20H,5,8-11H2,1-2H3. The van der Waals surface area contributed by atoms with E-state index in [-0.39, 0.29) is 17.8 Å². The van der Waals surface area contributed by atoms with E-state index in [9.17, 15) is 13.2 Å². The lowest BCUT2D eigenvalue weighted by molar-refractivity contribution is -0.274. The summed E-state index contributed by atoms with van der Waals surface area (Å²) in [5.41, 5.74) is 0.440. The largest absolute Gasteiger partial charge is 0.573 e. The molecule has 0 radical (unpaired) electrons. The zero-order chi connectivity index (χ0) is 15.9. The Morgan fingerprint density at radius 1 is 1.19 bits per heavy atom. The van der Waals surface area contributed by atoms with Crippen molar-refractivity contribution in [3.8, 4) is 5.75 Å². The third kappa shape index (κ3) is 7.34. The van der Waals surface area contributed by atoms with Crippen LogP contribution in [0.5, 0.6) is 5.75 Å². The van der Waals surface area contributed by atoms with Gasteiger partial charge in [0.25, 0.3) is 0 Å². The van der Waals surface area contributed by atoms with Gasteiger partial charge in [-0.25, -0.2) is 0 Å². The number of alkyl halides is 3. The van der Waals surface area contributed by atoms with Gasteiger partial charge in [-0.15, -0.1) is 13.2 Å². The zero-order valence-corrected chi connectivity index (χ0v) is 12.3. The maximum atomic E-state index is 12.3. The van der Waals surface area contributed by atoms with E-state index in [0.717, 1.165) is 6.42 Å². The second kappa shape index (κ2) is 7.66. The summed E-state index contributed by atoms with van der Waals surface area (Å²) < 4.78 is 40.9. The van der Waals surface area contributed by atoms with Crippen molar-refractivity contribution in [3.63, 3.8) is 0 Å². The fourth-order valence-corrected chi connectivity index (χ4v) is 2.06. The number of hydrogen-bond acceptors (Lipinski definition) is 3. The van der Waals surface area contributed by atoms with Crippen LogP contribution in [0.15, 0.2) is 24.3 Å². The molecule has 3 nitrogen and oxygen atoms in total. The third-order valence-electron chi connectivity index (χ3n) is 3.13. The molecular weight excluding hydrogens is 283 g/mol. The summed E-state index contributed by atoms with van der Waals surface area (Å²) in [6.45, 7) is 5.19. The molecule has 6 heteroatoms. The molecule has 0 unspecified atom stereocenters. The van der Waals surface area contributed by atoms with Crippen molar-refractivity contribution in [3.05, 3.63) is 29.8 Å². The van der Waals surface area contributed by atoms with E-state index in [0.29, 0.717) is 25.1 Å². The SMILES string of the molecule is CC(C)(CCCO)CNCc1ccccc1OC(F)(F)F. The van der Waals surface area contributed by atoms with Crippen LogP contribution in [0.3, 0.4) is 0 Å². The number of nitrogens with one attached hydrogen (secondary N) is 1. The molecule has 120 valence electrons. The summed E-state index contributed by atoms with van der Waals surface area (Å²) in [6.07, 6.45) is -3.13. The van der Waals surface area contributed by atoms with Gasteiger partial charge in [0.15, 0.2) is 0 Å². The Hall–Kier alpha value is -1.27. The van der Waals surface area contributed by atoms with Crippen LogP contribution < -0.4 is 10.1 Å². The predicted octanol–water partition coefficient (Wildman–Crippen LogP) is 3.47. The van der Waals surface area contributed by atoms with Gasteiger partial charge in [0.05, 0.1) is 0 Å². The predicted molar refractivity (Wildman–Crippen MR) is 74.9 cm³/mol. The number of aliphatic hydroxyl groups is 1. The molecule has 0 saturated heterocycles. The van der Waals surface area contributed by atoms with Crippen LogP contribution in [-0.4, -0.2) is 24.6 Å². The highest BCUT2D eigenvalue weighted by atomic mass is 19.4. The Morgan fingerprint density at radius 2 is 1.86 bits per heavy atom. The molecule has 0 saturated carbocycles. The van der Waals surface area contributed by atoms with Gasteiger partial charge in [0.1, 0.15) is 5.75 Å². The lowest BCUT2D eigenvalue weighted by Crippen LogP contribution is -2.29. The monoisotopic (exact) mass is 305 g/mol. The lowest BCUT2D eigenvalue weighted by Gasteiger charge is -2.25. The minimum absolute atomic E-state index is 0.0252. The van der Waals surface area contributed by atoms with Gasteiger partial charge in [-0.3, -0.25) is 0 Å². The summed E-state index contributed by atoms with van der Waals surface area (Å²) in [6, 6.07) is 6.10. The number of para-hydroxylation sites is 1. The van der Waals surface area contributed by atoms with Crippen molar-refractivity contribution in [2.45, 2.75) is 39.6 Å². The number of benzene rings is 1. The molecule has 1 aromatic rings. The Bertz CT molecular complexity index is 433.